The molecule has 3 aromatic rings. The van der Waals surface area contributed by atoms with Gasteiger partial charge in [-0.1, -0.05) is 11.6 Å². The average Bonchev–Trinajstić information content (AvgIpc) is 2.94. The van der Waals surface area contributed by atoms with E-state index >= 15 is 0 Å². The predicted octanol–water partition coefficient (Wildman–Crippen LogP) is 3.29. The molecule has 0 atom stereocenters. The van der Waals surface area contributed by atoms with Gasteiger partial charge in [0, 0.05) is 26.7 Å². The molecule has 1 amide bonds. The Bertz CT molecular complexity index is 1110. The number of aromatic nitrogens is 1. The van der Waals surface area contributed by atoms with Crippen molar-refractivity contribution in [2.75, 3.05) is 19.4 Å². The first kappa shape index (κ1) is 18.4. The van der Waals surface area contributed by atoms with Crippen molar-refractivity contribution < 1.29 is 17.6 Å². The lowest BCUT2D eigenvalue weighted by Crippen LogP contribution is -2.23. The molecule has 9 heteroatoms. The Morgan fingerprint density at radius 2 is 1.92 bits per heavy atom. The summed E-state index contributed by atoms with van der Waals surface area (Å²) in [5, 5.41) is 2.85. The van der Waals surface area contributed by atoms with Crippen molar-refractivity contribution in [3.05, 3.63) is 52.9 Å². The highest BCUT2D eigenvalue weighted by Gasteiger charge is 2.21. The van der Waals surface area contributed by atoms with E-state index in [-0.39, 0.29) is 15.5 Å². The molecular formula is C17H16ClN3O4S. The molecule has 0 unspecified atom stereocenters. The average molecular weight is 394 g/mol. The van der Waals surface area contributed by atoms with E-state index in [4.69, 9.17) is 16.0 Å². The normalized spacial score (nSPS) is 11.9. The van der Waals surface area contributed by atoms with Crippen molar-refractivity contribution in [2.45, 2.75) is 11.8 Å². The van der Waals surface area contributed by atoms with Crippen LogP contribution in [-0.2, 0) is 10.0 Å². The largest absolute Gasteiger partial charge is 0.441 e. The Hall–Kier alpha value is -2.42. The third-order valence-corrected chi connectivity index (χ3v) is 5.85. The van der Waals surface area contributed by atoms with Crippen molar-refractivity contribution >= 4 is 44.3 Å². The molecule has 0 radical (unpaired) electrons. The maximum atomic E-state index is 12.6. The van der Waals surface area contributed by atoms with E-state index in [1.54, 1.807) is 25.1 Å². The molecule has 1 aromatic heterocycles. The van der Waals surface area contributed by atoms with Crippen LogP contribution in [0, 0.1) is 6.92 Å². The minimum Gasteiger partial charge on any atom is -0.441 e. The highest BCUT2D eigenvalue weighted by Crippen LogP contribution is 2.24. The van der Waals surface area contributed by atoms with Crippen LogP contribution in [-0.4, -0.2) is 37.7 Å². The molecule has 0 spiro atoms. The standard InChI is InChI=1S/C17H16ClN3O4S/c1-10-19-15-8-11(4-7-16(15)25-10)20-17(22)13-9-12(5-6-14(13)18)26(23,24)21(2)3/h4-9H,1-3H3,(H,20,22). The number of carbonyl (C=O) groups is 1. The summed E-state index contributed by atoms with van der Waals surface area (Å²) in [6.45, 7) is 1.73. The van der Waals surface area contributed by atoms with Crippen molar-refractivity contribution in [3.8, 4) is 0 Å². The van der Waals surface area contributed by atoms with E-state index in [1.165, 1.54) is 32.3 Å². The van der Waals surface area contributed by atoms with Gasteiger partial charge >= 0.3 is 0 Å². The van der Waals surface area contributed by atoms with Crippen LogP contribution in [0.3, 0.4) is 0 Å². The van der Waals surface area contributed by atoms with Crippen LogP contribution in [0.1, 0.15) is 16.2 Å². The Morgan fingerprint density at radius 3 is 2.62 bits per heavy atom. The molecule has 0 saturated carbocycles. The smallest absolute Gasteiger partial charge is 0.257 e. The summed E-state index contributed by atoms with van der Waals surface area (Å²) in [7, 11) is -0.845. The first-order chi connectivity index (χ1) is 12.2. The number of hydrogen-bond donors (Lipinski definition) is 1. The van der Waals surface area contributed by atoms with Crippen molar-refractivity contribution in [2.24, 2.45) is 0 Å². The predicted molar refractivity (Wildman–Crippen MR) is 99.0 cm³/mol. The number of carbonyl (C=O) groups excluding carboxylic acids is 1. The molecule has 7 nitrogen and oxygen atoms in total. The lowest BCUT2D eigenvalue weighted by atomic mass is 10.2. The number of rotatable bonds is 4. The van der Waals surface area contributed by atoms with Crippen LogP contribution in [0.2, 0.25) is 5.02 Å². The zero-order chi connectivity index (χ0) is 19.1. The quantitative estimate of drug-likeness (QED) is 0.734. The maximum absolute atomic E-state index is 12.6. The van der Waals surface area contributed by atoms with E-state index in [0.29, 0.717) is 22.7 Å². The highest BCUT2D eigenvalue weighted by atomic mass is 35.5. The number of anilines is 1. The maximum Gasteiger partial charge on any atom is 0.257 e. The van der Waals surface area contributed by atoms with Gasteiger partial charge in [0.1, 0.15) is 5.52 Å². The fraction of sp³-hybridized carbons (Fsp3) is 0.176. The van der Waals surface area contributed by atoms with Crippen molar-refractivity contribution in [1.29, 1.82) is 0 Å². The zero-order valence-corrected chi connectivity index (χ0v) is 15.9. The Kier molecular flexibility index (Phi) is 4.74. The SMILES string of the molecule is Cc1nc2cc(NC(=O)c3cc(S(=O)(=O)N(C)C)ccc3Cl)ccc2o1. The Balaban J connectivity index is 1.93. The molecule has 3 rings (SSSR count). The monoisotopic (exact) mass is 393 g/mol. The van der Waals surface area contributed by atoms with E-state index in [2.05, 4.69) is 10.3 Å². The number of oxazole rings is 1. The number of amides is 1. The molecule has 0 aliphatic carbocycles. The van der Waals surface area contributed by atoms with Gasteiger partial charge in [0.05, 0.1) is 15.5 Å². The Morgan fingerprint density at radius 1 is 1.19 bits per heavy atom. The summed E-state index contributed by atoms with van der Waals surface area (Å²) in [5.74, 6) is -0.00140. The van der Waals surface area contributed by atoms with Gasteiger partial charge in [0.2, 0.25) is 10.0 Å². The lowest BCUT2D eigenvalue weighted by molar-refractivity contribution is 0.102. The van der Waals surface area contributed by atoms with Gasteiger partial charge in [-0.25, -0.2) is 17.7 Å². The number of halogens is 1. The van der Waals surface area contributed by atoms with Gasteiger partial charge in [-0.3, -0.25) is 4.79 Å². The summed E-state index contributed by atoms with van der Waals surface area (Å²) in [5.41, 5.74) is 1.77. The molecule has 0 saturated heterocycles. The third kappa shape index (κ3) is 3.44. The number of nitrogens with one attached hydrogen (secondary N) is 1. The van der Waals surface area contributed by atoms with Gasteiger partial charge < -0.3 is 9.73 Å². The summed E-state index contributed by atoms with van der Waals surface area (Å²) < 4.78 is 31.0. The molecule has 1 heterocycles. The molecular weight excluding hydrogens is 378 g/mol. The number of aryl methyl sites for hydroxylation is 1. The number of benzene rings is 2. The van der Waals surface area contributed by atoms with Crippen LogP contribution >= 0.6 is 11.6 Å². The molecule has 0 aliphatic heterocycles. The van der Waals surface area contributed by atoms with Gasteiger partial charge in [0.25, 0.3) is 5.91 Å². The topological polar surface area (TPSA) is 92.5 Å². The fourth-order valence-electron chi connectivity index (χ4n) is 2.37. The first-order valence-corrected chi connectivity index (χ1v) is 9.41. The molecule has 1 N–H and O–H groups in total. The van der Waals surface area contributed by atoms with Crippen molar-refractivity contribution in [1.82, 2.24) is 9.29 Å². The minimum atomic E-state index is -3.68. The summed E-state index contributed by atoms with van der Waals surface area (Å²) in [6, 6.07) is 9.03. The van der Waals surface area contributed by atoms with E-state index in [1.807, 2.05) is 0 Å². The number of fused-ring (bicyclic) bond motifs is 1. The Labute approximate surface area is 155 Å². The third-order valence-electron chi connectivity index (χ3n) is 3.71. The number of sulfonamides is 1. The molecule has 26 heavy (non-hydrogen) atoms. The van der Waals surface area contributed by atoms with Crippen LogP contribution in [0.25, 0.3) is 11.1 Å². The van der Waals surface area contributed by atoms with Gasteiger partial charge in [-0.2, -0.15) is 0 Å². The molecule has 0 aliphatic rings. The lowest BCUT2D eigenvalue weighted by Gasteiger charge is -2.13. The van der Waals surface area contributed by atoms with E-state index in [0.717, 1.165) is 4.31 Å². The second kappa shape index (κ2) is 6.71. The number of hydrogen-bond acceptors (Lipinski definition) is 5. The van der Waals surface area contributed by atoms with Crippen LogP contribution in [0.5, 0.6) is 0 Å². The van der Waals surface area contributed by atoms with Gasteiger partial charge in [-0.05, 0) is 36.4 Å². The summed E-state index contributed by atoms with van der Waals surface area (Å²) in [4.78, 5) is 16.8. The van der Waals surface area contributed by atoms with E-state index in [9.17, 15) is 13.2 Å². The van der Waals surface area contributed by atoms with Crippen LogP contribution in [0.15, 0.2) is 45.7 Å². The van der Waals surface area contributed by atoms with Crippen molar-refractivity contribution in [3.63, 3.8) is 0 Å². The second-order valence-electron chi connectivity index (χ2n) is 5.80. The molecule has 2 aromatic carbocycles. The molecule has 0 bridgehead atoms. The fourth-order valence-corrected chi connectivity index (χ4v) is 3.50. The minimum absolute atomic E-state index is 0.0142. The number of nitrogens with zero attached hydrogens (tertiary/aromatic N) is 2. The van der Waals surface area contributed by atoms with Gasteiger partial charge in [0.15, 0.2) is 11.5 Å². The van der Waals surface area contributed by atoms with Crippen LogP contribution in [0.4, 0.5) is 5.69 Å². The summed E-state index contributed by atoms with van der Waals surface area (Å²) >= 11 is 6.09. The second-order valence-corrected chi connectivity index (χ2v) is 8.36. The highest BCUT2D eigenvalue weighted by molar-refractivity contribution is 7.89. The molecule has 136 valence electrons. The molecule has 0 fully saturated rings. The van der Waals surface area contributed by atoms with Crippen LogP contribution < -0.4 is 5.32 Å². The zero-order valence-electron chi connectivity index (χ0n) is 14.3. The van der Waals surface area contributed by atoms with E-state index < -0.39 is 15.9 Å². The first-order valence-electron chi connectivity index (χ1n) is 7.59. The van der Waals surface area contributed by atoms with Gasteiger partial charge in [-0.15, -0.1) is 0 Å². The summed E-state index contributed by atoms with van der Waals surface area (Å²) in [6.07, 6.45) is 0.